The fourth-order valence-electron chi connectivity index (χ4n) is 5.64. The van der Waals surface area contributed by atoms with Gasteiger partial charge in [-0.2, -0.15) is 0 Å². The van der Waals surface area contributed by atoms with Crippen LogP contribution in [-0.2, 0) is 4.79 Å². The van der Waals surface area contributed by atoms with Crippen LogP contribution in [0.1, 0.15) is 65.2 Å². The average Bonchev–Trinajstić information content (AvgIpc) is 2.69. The molecule has 0 heterocycles. The van der Waals surface area contributed by atoms with E-state index in [1.165, 1.54) is 17.6 Å². The fourth-order valence-corrected chi connectivity index (χ4v) is 5.64. The van der Waals surface area contributed by atoms with E-state index in [1.54, 1.807) is 5.57 Å². The minimum absolute atomic E-state index is 0.0454. The Hall–Kier alpha value is -0.890. The van der Waals surface area contributed by atoms with E-state index in [9.17, 15) is 9.90 Å². The van der Waals surface area contributed by atoms with Crippen LogP contribution in [0.25, 0.3) is 0 Å². The Morgan fingerprint density at radius 3 is 2.81 bits per heavy atom. The molecule has 2 heteroatoms. The molecule has 0 bridgehead atoms. The highest BCUT2D eigenvalue weighted by atomic mass is 16.3. The number of allylic oxidation sites excluding steroid dienone is 4. The van der Waals surface area contributed by atoms with Crippen LogP contribution >= 0.6 is 0 Å². The second-order valence-electron chi connectivity index (χ2n) is 8.14. The van der Waals surface area contributed by atoms with Crippen molar-refractivity contribution >= 4 is 5.78 Å². The Morgan fingerprint density at radius 2 is 2.00 bits per heavy atom. The van der Waals surface area contributed by atoms with Gasteiger partial charge >= 0.3 is 0 Å². The predicted molar refractivity (Wildman–Crippen MR) is 82.8 cm³/mol. The highest BCUT2D eigenvalue weighted by Gasteiger charge is 2.57. The van der Waals surface area contributed by atoms with Crippen molar-refractivity contribution in [3.8, 4) is 0 Å². The van der Waals surface area contributed by atoms with Gasteiger partial charge in [-0.05, 0) is 68.4 Å². The van der Waals surface area contributed by atoms with Crippen molar-refractivity contribution in [3.63, 3.8) is 0 Å². The van der Waals surface area contributed by atoms with E-state index in [2.05, 4.69) is 13.0 Å². The van der Waals surface area contributed by atoms with Gasteiger partial charge in [0.05, 0.1) is 5.60 Å². The van der Waals surface area contributed by atoms with Crippen LogP contribution in [0.5, 0.6) is 0 Å². The second kappa shape index (κ2) is 4.32. The Morgan fingerprint density at radius 1 is 1.19 bits per heavy atom. The summed E-state index contributed by atoms with van der Waals surface area (Å²) >= 11 is 0. The molecule has 0 saturated heterocycles. The molecule has 4 aliphatic carbocycles. The Kier molecular flexibility index (Phi) is 2.83. The molecule has 4 rings (SSSR count). The van der Waals surface area contributed by atoms with Gasteiger partial charge in [0.2, 0.25) is 0 Å². The standard InChI is InChI=1S/C19H26O2/c1-18-9-7-15-14-6-4-13(20)11-12(14)3-5-16(15)17(18)8-10-19(18,2)21/h7,16-17,21H,3-6,8-11H2,1-2H3. The van der Waals surface area contributed by atoms with Gasteiger partial charge in [0.25, 0.3) is 0 Å². The lowest BCUT2D eigenvalue weighted by Crippen LogP contribution is -2.47. The lowest BCUT2D eigenvalue weighted by Gasteiger charge is -2.49. The summed E-state index contributed by atoms with van der Waals surface area (Å²) in [6, 6.07) is 0. The molecule has 0 aromatic carbocycles. The van der Waals surface area contributed by atoms with Crippen molar-refractivity contribution in [2.45, 2.75) is 70.8 Å². The summed E-state index contributed by atoms with van der Waals surface area (Å²) < 4.78 is 0. The summed E-state index contributed by atoms with van der Waals surface area (Å²) in [6.45, 7) is 4.34. The Labute approximate surface area is 127 Å². The van der Waals surface area contributed by atoms with Gasteiger partial charge in [0.15, 0.2) is 0 Å². The summed E-state index contributed by atoms with van der Waals surface area (Å²) in [7, 11) is 0. The molecule has 114 valence electrons. The Bertz CT molecular complexity index is 566. The molecular weight excluding hydrogens is 260 g/mol. The molecule has 1 N–H and O–H groups in total. The minimum Gasteiger partial charge on any atom is -0.390 e. The number of carbonyl (C=O) groups excluding carboxylic acids is 1. The monoisotopic (exact) mass is 286 g/mol. The molecule has 0 spiro atoms. The van der Waals surface area contributed by atoms with Crippen molar-refractivity contribution in [1.29, 1.82) is 0 Å². The number of fused-ring (bicyclic) bond motifs is 4. The summed E-state index contributed by atoms with van der Waals surface area (Å²) in [5, 5.41) is 10.8. The zero-order chi connectivity index (χ0) is 14.8. The van der Waals surface area contributed by atoms with Crippen LogP contribution in [-0.4, -0.2) is 16.5 Å². The van der Waals surface area contributed by atoms with Gasteiger partial charge in [-0.3, -0.25) is 4.79 Å². The first-order chi connectivity index (χ1) is 9.92. The molecule has 4 aliphatic rings. The quantitative estimate of drug-likeness (QED) is 0.732. The third kappa shape index (κ3) is 1.78. The molecule has 0 amide bonds. The topological polar surface area (TPSA) is 37.3 Å². The number of rotatable bonds is 0. The molecule has 4 unspecified atom stereocenters. The van der Waals surface area contributed by atoms with Crippen molar-refractivity contribution < 1.29 is 9.90 Å². The van der Waals surface area contributed by atoms with Crippen molar-refractivity contribution in [2.24, 2.45) is 17.3 Å². The molecule has 0 aromatic heterocycles. The third-order valence-electron chi connectivity index (χ3n) is 7.22. The van der Waals surface area contributed by atoms with E-state index in [1.807, 2.05) is 6.92 Å². The van der Waals surface area contributed by atoms with Gasteiger partial charge in [0, 0.05) is 18.3 Å². The zero-order valence-electron chi connectivity index (χ0n) is 13.2. The first-order valence-corrected chi connectivity index (χ1v) is 8.58. The fraction of sp³-hybridized carbons (Fsp3) is 0.737. The molecule has 21 heavy (non-hydrogen) atoms. The van der Waals surface area contributed by atoms with E-state index >= 15 is 0 Å². The van der Waals surface area contributed by atoms with E-state index in [-0.39, 0.29) is 5.41 Å². The summed E-state index contributed by atoms with van der Waals surface area (Å²) in [6.07, 6.45) is 10.2. The van der Waals surface area contributed by atoms with Crippen LogP contribution in [0.3, 0.4) is 0 Å². The normalized spacial score (nSPS) is 45.9. The molecule has 0 aromatic rings. The third-order valence-corrected chi connectivity index (χ3v) is 7.22. The maximum absolute atomic E-state index is 11.7. The largest absolute Gasteiger partial charge is 0.390 e. The maximum atomic E-state index is 11.7. The van der Waals surface area contributed by atoms with Crippen LogP contribution in [0.4, 0.5) is 0 Å². The average molecular weight is 286 g/mol. The number of Topliss-reactive ketones (excluding diaryl/α,β-unsaturated/α-hetero) is 1. The number of ketones is 1. The van der Waals surface area contributed by atoms with E-state index in [4.69, 9.17) is 0 Å². The minimum atomic E-state index is -0.517. The highest BCUT2D eigenvalue weighted by molar-refractivity contribution is 5.83. The molecule has 0 radical (unpaired) electrons. The van der Waals surface area contributed by atoms with Crippen LogP contribution < -0.4 is 0 Å². The van der Waals surface area contributed by atoms with Crippen molar-refractivity contribution in [2.75, 3.05) is 0 Å². The smallest absolute Gasteiger partial charge is 0.137 e. The van der Waals surface area contributed by atoms with E-state index in [0.29, 0.717) is 24.0 Å². The number of hydrogen-bond acceptors (Lipinski definition) is 2. The molecule has 4 atom stereocenters. The van der Waals surface area contributed by atoms with E-state index in [0.717, 1.165) is 38.5 Å². The molecule has 2 nitrogen and oxygen atoms in total. The molecule has 0 aliphatic heterocycles. The summed E-state index contributed by atoms with van der Waals surface area (Å²) in [4.78, 5) is 11.7. The predicted octanol–water partition coefficient (Wildman–Crippen LogP) is 3.94. The summed E-state index contributed by atoms with van der Waals surface area (Å²) in [5.41, 5.74) is 4.05. The van der Waals surface area contributed by atoms with Crippen molar-refractivity contribution in [3.05, 3.63) is 22.8 Å². The van der Waals surface area contributed by atoms with Gasteiger partial charge in [-0.1, -0.05) is 18.6 Å². The van der Waals surface area contributed by atoms with Crippen LogP contribution in [0.15, 0.2) is 22.8 Å². The first kappa shape index (κ1) is 13.8. The number of hydrogen-bond donors (Lipinski definition) is 1. The second-order valence-corrected chi connectivity index (χ2v) is 8.14. The SMILES string of the molecule is CC1(O)CCC2C3CCC4=C(CCC(=O)C4)C3=CCC21C. The van der Waals surface area contributed by atoms with Crippen molar-refractivity contribution in [1.82, 2.24) is 0 Å². The summed E-state index contributed by atoms with van der Waals surface area (Å²) in [5.74, 6) is 1.68. The number of aliphatic hydroxyl groups is 1. The molecular formula is C19H26O2. The maximum Gasteiger partial charge on any atom is 0.137 e. The lowest BCUT2D eigenvalue weighted by molar-refractivity contribution is -0.118. The molecule has 1 fully saturated rings. The van der Waals surface area contributed by atoms with Gasteiger partial charge < -0.3 is 5.11 Å². The highest BCUT2D eigenvalue weighted by Crippen LogP contribution is 2.62. The zero-order valence-corrected chi connectivity index (χ0v) is 13.2. The van der Waals surface area contributed by atoms with Crippen LogP contribution in [0, 0.1) is 17.3 Å². The Balaban J connectivity index is 1.74. The van der Waals surface area contributed by atoms with Gasteiger partial charge in [-0.25, -0.2) is 0 Å². The van der Waals surface area contributed by atoms with Crippen LogP contribution in [0.2, 0.25) is 0 Å². The van der Waals surface area contributed by atoms with Gasteiger partial charge in [-0.15, -0.1) is 0 Å². The van der Waals surface area contributed by atoms with E-state index < -0.39 is 5.60 Å². The number of carbonyl (C=O) groups is 1. The first-order valence-electron chi connectivity index (χ1n) is 8.58. The van der Waals surface area contributed by atoms with Gasteiger partial charge in [0.1, 0.15) is 5.78 Å². The molecule has 1 saturated carbocycles. The lowest BCUT2D eigenvalue weighted by atomic mass is 9.56.